The lowest BCUT2D eigenvalue weighted by Gasteiger charge is -2.40. The quantitative estimate of drug-likeness (QED) is 0.475. The second-order valence-corrected chi connectivity index (χ2v) is 7.79. The Labute approximate surface area is 161 Å². The van der Waals surface area contributed by atoms with Crippen molar-refractivity contribution in [2.45, 2.75) is 70.6 Å². The summed E-state index contributed by atoms with van der Waals surface area (Å²) in [5.74, 6) is 0.424. The van der Waals surface area contributed by atoms with Gasteiger partial charge in [0.25, 0.3) is 0 Å². The molecular formula is C20H31N5O2. The Kier molecular flexibility index (Phi) is 6.44. The molecule has 27 heavy (non-hydrogen) atoms. The van der Waals surface area contributed by atoms with Gasteiger partial charge in [0.2, 0.25) is 5.91 Å². The third-order valence-electron chi connectivity index (χ3n) is 5.52. The summed E-state index contributed by atoms with van der Waals surface area (Å²) in [4.78, 5) is 18.0. The van der Waals surface area contributed by atoms with Gasteiger partial charge in [0.15, 0.2) is 0 Å². The largest absolute Gasteiger partial charge is 0.390 e. The highest BCUT2D eigenvalue weighted by atomic mass is 16.3. The topological polar surface area (TPSA) is 101 Å². The molecule has 4 N–H and O–H groups in total. The van der Waals surface area contributed by atoms with Crippen molar-refractivity contribution >= 4 is 17.6 Å². The number of aliphatic hydroxyl groups is 1. The molecule has 1 aliphatic heterocycles. The molecule has 0 unspecified atom stereocenters. The molecule has 2 aliphatic rings. The second-order valence-electron chi connectivity index (χ2n) is 7.79. The van der Waals surface area contributed by atoms with Crippen molar-refractivity contribution in [3.05, 3.63) is 23.4 Å². The van der Waals surface area contributed by atoms with Gasteiger partial charge in [0.1, 0.15) is 11.7 Å². The molecule has 7 nitrogen and oxygen atoms in total. The number of hydrogen-bond acceptors (Lipinski definition) is 6. The Bertz CT molecular complexity index is 687. The number of aromatic nitrogens is 1. The van der Waals surface area contributed by atoms with Gasteiger partial charge >= 0.3 is 0 Å². The van der Waals surface area contributed by atoms with Crippen LogP contribution >= 0.6 is 0 Å². The van der Waals surface area contributed by atoms with E-state index in [0.717, 1.165) is 18.7 Å². The van der Waals surface area contributed by atoms with Crippen LogP contribution < -0.4 is 15.5 Å². The maximum Gasteiger partial charge on any atom is 0.222 e. The van der Waals surface area contributed by atoms with Crippen LogP contribution in [-0.2, 0) is 4.79 Å². The van der Waals surface area contributed by atoms with Crippen molar-refractivity contribution in [3.8, 4) is 0 Å². The van der Waals surface area contributed by atoms with Crippen molar-refractivity contribution in [3.63, 3.8) is 0 Å². The number of anilines is 1. The highest BCUT2D eigenvalue weighted by molar-refractivity contribution is 6.08. The van der Waals surface area contributed by atoms with Gasteiger partial charge in [0.05, 0.1) is 11.7 Å². The number of aryl methyl sites for hydroxylation is 1. The molecule has 1 aromatic rings. The number of carbonyl (C=O) groups is 1. The Morgan fingerprint density at radius 1 is 1.26 bits per heavy atom. The lowest BCUT2D eigenvalue weighted by molar-refractivity contribution is -0.117. The van der Waals surface area contributed by atoms with Gasteiger partial charge < -0.3 is 20.6 Å². The molecule has 2 heterocycles. The number of nitrogens with zero attached hydrogens (tertiary/aromatic N) is 2. The standard InChI is InChI=1S/C20H31N5O2/c1-13-8-9-16(19(21)23-14(2)26)20(22-13)25-11-10-17(18(27)12-25)24-15-6-4-3-5-7-15/h8-9,15,17-18,24,27H,3-7,10-12H2,1-2H3,(H2,21,23,26)/t17-,18+/m0/s1. The predicted octanol–water partition coefficient (Wildman–Crippen LogP) is 1.71. The van der Waals surface area contributed by atoms with E-state index in [1.807, 2.05) is 24.0 Å². The minimum atomic E-state index is -0.481. The normalized spacial score (nSPS) is 23.9. The van der Waals surface area contributed by atoms with Crippen molar-refractivity contribution in [1.29, 1.82) is 5.41 Å². The molecule has 7 heteroatoms. The van der Waals surface area contributed by atoms with Gasteiger partial charge in [0, 0.05) is 37.8 Å². The highest BCUT2D eigenvalue weighted by Gasteiger charge is 2.31. The maximum absolute atomic E-state index is 11.3. The number of pyridine rings is 1. The average Bonchev–Trinajstić information content (AvgIpc) is 2.63. The number of hydrogen-bond donors (Lipinski definition) is 4. The van der Waals surface area contributed by atoms with Crippen LogP contribution in [0.5, 0.6) is 0 Å². The van der Waals surface area contributed by atoms with Crippen LogP contribution in [0.3, 0.4) is 0 Å². The second kappa shape index (κ2) is 8.80. The number of β-amino-alcohol motifs (C(OH)–C–C–N with tert-alkyl or cyclic N) is 1. The highest BCUT2D eigenvalue weighted by Crippen LogP contribution is 2.25. The average molecular weight is 374 g/mol. The van der Waals surface area contributed by atoms with Crippen molar-refractivity contribution in [2.75, 3.05) is 18.0 Å². The molecule has 1 saturated carbocycles. The minimum Gasteiger partial charge on any atom is -0.390 e. The molecule has 1 amide bonds. The molecule has 1 aromatic heterocycles. The molecule has 0 bridgehead atoms. The first-order valence-corrected chi connectivity index (χ1v) is 9.97. The fraction of sp³-hybridized carbons (Fsp3) is 0.650. The number of carbonyl (C=O) groups excluding carboxylic acids is 1. The Morgan fingerprint density at radius 3 is 2.67 bits per heavy atom. The zero-order chi connectivity index (χ0) is 19.4. The summed E-state index contributed by atoms with van der Waals surface area (Å²) in [7, 11) is 0. The molecule has 2 atom stereocenters. The fourth-order valence-corrected chi connectivity index (χ4v) is 4.11. The summed E-state index contributed by atoms with van der Waals surface area (Å²) >= 11 is 0. The molecule has 2 fully saturated rings. The summed E-state index contributed by atoms with van der Waals surface area (Å²) < 4.78 is 0. The van der Waals surface area contributed by atoms with E-state index in [1.165, 1.54) is 39.0 Å². The third-order valence-corrected chi connectivity index (χ3v) is 5.52. The van der Waals surface area contributed by atoms with E-state index in [9.17, 15) is 9.90 Å². The lowest BCUT2D eigenvalue weighted by Crippen LogP contribution is -2.55. The zero-order valence-corrected chi connectivity index (χ0v) is 16.3. The monoisotopic (exact) mass is 373 g/mol. The first-order valence-electron chi connectivity index (χ1n) is 9.97. The van der Waals surface area contributed by atoms with Crippen LogP contribution in [0.2, 0.25) is 0 Å². The van der Waals surface area contributed by atoms with Crippen molar-refractivity contribution < 1.29 is 9.90 Å². The minimum absolute atomic E-state index is 0.0435. The van der Waals surface area contributed by atoms with Crippen LogP contribution in [0.15, 0.2) is 12.1 Å². The third kappa shape index (κ3) is 5.05. The molecule has 0 radical (unpaired) electrons. The molecule has 1 saturated heterocycles. The SMILES string of the molecule is CC(=O)NC(=N)c1ccc(C)nc1N1CC[C@H](NC2CCCCC2)[C@H](O)C1. The zero-order valence-electron chi connectivity index (χ0n) is 16.3. The number of amidine groups is 1. The summed E-state index contributed by atoms with van der Waals surface area (Å²) in [6.45, 7) is 4.53. The van der Waals surface area contributed by atoms with Crippen LogP contribution in [0.1, 0.15) is 56.7 Å². The van der Waals surface area contributed by atoms with E-state index in [1.54, 1.807) is 0 Å². The van der Waals surface area contributed by atoms with Crippen LogP contribution in [0.25, 0.3) is 0 Å². The van der Waals surface area contributed by atoms with Gasteiger partial charge in [-0.25, -0.2) is 4.98 Å². The first kappa shape index (κ1) is 19.8. The van der Waals surface area contributed by atoms with E-state index < -0.39 is 6.10 Å². The number of amides is 1. The molecule has 1 aliphatic carbocycles. The van der Waals surface area contributed by atoms with E-state index in [-0.39, 0.29) is 17.8 Å². The van der Waals surface area contributed by atoms with Crippen molar-refractivity contribution in [1.82, 2.24) is 15.6 Å². The van der Waals surface area contributed by atoms with Gasteiger partial charge in [-0.3, -0.25) is 10.2 Å². The summed E-state index contributed by atoms with van der Waals surface area (Å²) in [5.41, 5.74) is 1.43. The molecule has 148 valence electrons. The number of piperidine rings is 1. The van der Waals surface area contributed by atoms with Gasteiger partial charge in [-0.15, -0.1) is 0 Å². The molecular weight excluding hydrogens is 342 g/mol. The summed E-state index contributed by atoms with van der Waals surface area (Å²) in [6, 6.07) is 4.27. The Hall–Kier alpha value is -1.99. The predicted molar refractivity (Wildman–Crippen MR) is 106 cm³/mol. The molecule has 3 rings (SSSR count). The summed E-state index contributed by atoms with van der Waals surface area (Å²) in [6.07, 6.45) is 6.62. The van der Waals surface area contributed by atoms with Gasteiger partial charge in [-0.1, -0.05) is 19.3 Å². The van der Waals surface area contributed by atoms with E-state index in [0.29, 0.717) is 24.0 Å². The molecule has 0 aromatic carbocycles. The van der Waals surface area contributed by atoms with E-state index in [4.69, 9.17) is 5.41 Å². The number of nitrogens with one attached hydrogen (secondary N) is 3. The maximum atomic E-state index is 11.3. The van der Waals surface area contributed by atoms with Crippen LogP contribution in [0, 0.1) is 12.3 Å². The van der Waals surface area contributed by atoms with E-state index in [2.05, 4.69) is 15.6 Å². The van der Waals surface area contributed by atoms with E-state index >= 15 is 0 Å². The number of rotatable bonds is 4. The van der Waals surface area contributed by atoms with Crippen LogP contribution in [-0.4, -0.2) is 53.1 Å². The summed E-state index contributed by atoms with van der Waals surface area (Å²) in [5, 5.41) is 25.1. The molecule has 0 spiro atoms. The lowest BCUT2D eigenvalue weighted by atomic mass is 9.92. The Balaban J connectivity index is 1.69. The van der Waals surface area contributed by atoms with Gasteiger partial charge in [-0.05, 0) is 38.3 Å². The van der Waals surface area contributed by atoms with Crippen molar-refractivity contribution in [2.24, 2.45) is 0 Å². The number of aliphatic hydroxyl groups excluding tert-OH is 1. The first-order chi connectivity index (χ1) is 12.9. The van der Waals surface area contributed by atoms with Gasteiger partial charge in [-0.2, -0.15) is 0 Å². The smallest absolute Gasteiger partial charge is 0.222 e. The fourth-order valence-electron chi connectivity index (χ4n) is 4.11. The van der Waals surface area contributed by atoms with Crippen LogP contribution in [0.4, 0.5) is 5.82 Å². The Morgan fingerprint density at radius 2 is 2.00 bits per heavy atom.